The molecule has 16 heavy (non-hydrogen) atoms. The molecule has 0 saturated heterocycles. The summed E-state index contributed by atoms with van der Waals surface area (Å²) in [5.74, 6) is 0.154. The molecule has 0 aliphatic rings. The molecule has 5 N–H and O–H groups in total. The Morgan fingerprint density at radius 3 is 2.81 bits per heavy atom. The van der Waals surface area contributed by atoms with Gasteiger partial charge in [0, 0.05) is 0 Å². The van der Waals surface area contributed by atoms with Crippen LogP contribution in [0, 0.1) is 0 Å². The summed E-state index contributed by atoms with van der Waals surface area (Å²) in [5, 5.41) is 2.48. The minimum Gasteiger partial charge on any atom is -0.467 e. The fourth-order valence-corrected chi connectivity index (χ4v) is 0.857. The van der Waals surface area contributed by atoms with Gasteiger partial charge in [0.15, 0.2) is 0 Å². The summed E-state index contributed by atoms with van der Waals surface area (Å²) >= 11 is 0. The summed E-state index contributed by atoms with van der Waals surface area (Å²) in [6.07, 6.45) is 1.51. The van der Waals surface area contributed by atoms with Gasteiger partial charge in [0.1, 0.15) is 5.76 Å². The van der Waals surface area contributed by atoms with Gasteiger partial charge in [-0.15, -0.1) is 0 Å². The highest BCUT2D eigenvalue weighted by Crippen LogP contribution is 1.97. The number of nitrogens with one attached hydrogen (secondary N) is 3. The van der Waals surface area contributed by atoms with Crippen LogP contribution in [0.3, 0.4) is 0 Å². The molecule has 0 aromatic carbocycles. The quantitative estimate of drug-likeness (QED) is 0.519. The van der Waals surface area contributed by atoms with E-state index in [0.29, 0.717) is 5.76 Å². The Balaban J connectivity index is 2.19. The van der Waals surface area contributed by atoms with Gasteiger partial charge in [0.25, 0.3) is 5.91 Å². The molecule has 0 bridgehead atoms. The third-order valence-corrected chi connectivity index (χ3v) is 1.72. The lowest BCUT2D eigenvalue weighted by molar-refractivity contribution is -0.122. The molecule has 1 aromatic heterocycles. The van der Waals surface area contributed by atoms with E-state index in [2.05, 4.69) is 16.2 Å². The van der Waals surface area contributed by atoms with Gasteiger partial charge >= 0.3 is 6.03 Å². The number of hydrazine groups is 1. The third-order valence-electron chi connectivity index (χ3n) is 1.72. The molecule has 0 fully saturated rings. The Hall–Kier alpha value is -2.02. The Kier molecular flexibility index (Phi) is 4.34. The van der Waals surface area contributed by atoms with E-state index >= 15 is 0 Å². The summed E-state index contributed by atoms with van der Waals surface area (Å²) < 4.78 is 5.00. The molecule has 1 unspecified atom stereocenters. The molecule has 0 aliphatic heterocycles. The van der Waals surface area contributed by atoms with Gasteiger partial charge < -0.3 is 15.5 Å². The molecular formula is C9H14N4O3. The van der Waals surface area contributed by atoms with Crippen molar-refractivity contribution in [2.75, 3.05) is 0 Å². The normalized spacial score (nSPS) is 11.6. The van der Waals surface area contributed by atoms with E-state index in [0.717, 1.165) is 0 Å². The van der Waals surface area contributed by atoms with Crippen molar-refractivity contribution in [2.45, 2.75) is 19.5 Å². The number of nitrogens with two attached hydrogens (primary N) is 1. The maximum Gasteiger partial charge on any atom is 0.333 e. The molecular weight excluding hydrogens is 212 g/mol. The minimum absolute atomic E-state index is 0.243. The molecule has 7 heteroatoms. The lowest BCUT2D eigenvalue weighted by Crippen LogP contribution is -2.51. The first-order valence-electron chi connectivity index (χ1n) is 4.71. The predicted molar refractivity (Wildman–Crippen MR) is 55.9 cm³/mol. The van der Waals surface area contributed by atoms with Gasteiger partial charge in [-0.05, 0) is 19.1 Å². The van der Waals surface area contributed by atoms with Crippen LogP contribution in [0.2, 0.25) is 0 Å². The maximum absolute atomic E-state index is 11.1. The van der Waals surface area contributed by atoms with E-state index in [1.807, 2.05) is 0 Å². The summed E-state index contributed by atoms with van der Waals surface area (Å²) in [6.45, 7) is 1.75. The number of urea groups is 1. The van der Waals surface area contributed by atoms with Crippen molar-refractivity contribution in [3.05, 3.63) is 24.2 Å². The number of hydrogen-bond acceptors (Lipinski definition) is 4. The highest BCUT2D eigenvalue weighted by atomic mass is 16.3. The zero-order chi connectivity index (χ0) is 12.0. The molecule has 88 valence electrons. The molecule has 0 radical (unpaired) electrons. The Morgan fingerprint density at radius 2 is 2.25 bits per heavy atom. The Morgan fingerprint density at radius 1 is 1.50 bits per heavy atom. The molecule has 7 nitrogen and oxygen atoms in total. The number of hydrogen-bond donors (Lipinski definition) is 4. The monoisotopic (exact) mass is 226 g/mol. The smallest absolute Gasteiger partial charge is 0.333 e. The standard InChI is InChI=1S/C9H14N4O3/c1-6(10)8(14)12-13-9(15)11-5-7-3-2-4-16-7/h2-4,6H,5,10H2,1H3,(H,12,14)(H2,11,13,15). The molecule has 1 heterocycles. The van der Waals surface area contributed by atoms with Crippen molar-refractivity contribution >= 4 is 11.9 Å². The van der Waals surface area contributed by atoms with Crippen LogP contribution in [0.4, 0.5) is 4.79 Å². The highest BCUT2D eigenvalue weighted by Gasteiger charge is 2.08. The van der Waals surface area contributed by atoms with Gasteiger partial charge in [-0.1, -0.05) is 0 Å². The van der Waals surface area contributed by atoms with Crippen LogP contribution in [0.15, 0.2) is 22.8 Å². The van der Waals surface area contributed by atoms with E-state index in [1.165, 1.54) is 13.2 Å². The van der Waals surface area contributed by atoms with E-state index in [-0.39, 0.29) is 6.54 Å². The zero-order valence-corrected chi connectivity index (χ0v) is 8.82. The van der Waals surface area contributed by atoms with E-state index in [9.17, 15) is 9.59 Å². The lowest BCUT2D eigenvalue weighted by Gasteiger charge is -2.09. The summed E-state index contributed by atoms with van der Waals surface area (Å²) in [7, 11) is 0. The van der Waals surface area contributed by atoms with E-state index in [4.69, 9.17) is 10.2 Å². The van der Waals surface area contributed by atoms with Gasteiger partial charge in [0.2, 0.25) is 0 Å². The number of carbonyl (C=O) groups excluding carboxylic acids is 2. The van der Waals surface area contributed by atoms with Crippen LogP contribution < -0.4 is 21.9 Å². The van der Waals surface area contributed by atoms with Crippen molar-refractivity contribution in [1.82, 2.24) is 16.2 Å². The van der Waals surface area contributed by atoms with Gasteiger partial charge in [-0.2, -0.15) is 0 Å². The number of amides is 3. The molecule has 0 aliphatic carbocycles. The summed E-state index contributed by atoms with van der Waals surface area (Å²) in [5.41, 5.74) is 9.58. The second-order valence-electron chi connectivity index (χ2n) is 3.16. The summed E-state index contributed by atoms with van der Waals surface area (Å²) in [6, 6.07) is 2.23. The first-order chi connectivity index (χ1) is 7.59. The van der Waals surface area contributed by atoms with Crippen LogP contribution >= 0.6 is 0 Å². The maximum atomic E-state index is 11.1. The fraction of sp³-hybridized carbons (Fsp3) is 0.333. The van der Waals surface area contributed by atoms with Gasteiger partial charge in [-0.3, -0.25) is 10.2 Å². The molecule has 1 rings (SSSR count). The minimum atomic E-state index is -0.676. The number of rotatable bonds is 3. The molecule has 3 amide bonds. The van der Waals surface area contributed by atoms with Crippen LogP contribution in [0.5, 0.6) is 0 Å². The largest absolute Gasteiger partial charge is 0.467 e. The first-order valence-corrected chi connectivity index (χ1v) is 4.71. The fourth-order valence-electron chi connectivity index (χ4n) is 0.857. The first kappa shape index (κ1) is 12.1. The van der Waals surface area contributed by atoms with Gasteiger partial charge in [0.05, 0.1) is 18.8 Å². The molecule has 1 atom stereocenters. The third kappa shape index (κ3) is 4.01. The van der Waals surface area contributed by atoms with E-state index in [1.54, 1.807) is 12.1 Å². The zero-order valence-electron chi connectivity index (χ0n) is 8.82. The Bertz CT molecular complexity index is 348. The molecule has 0 saturated carbocycles. The summed E-state index contributed by atoms with van der Waals surface area (Å²) in [4.78, 5) is 22.1. The Labute approximate surface area is 92.3 Å². The predicted octanol–water partition coefficient (Wildman–Crippen LogP) is -0.543. The van der Waals surface area contributed by atoms with Crippen molar-refractivity contribution in [3.63, 3.8) is 0 Å². The lowest BCUT2D eigenvalue weighted by atomic mass is 10.3. The second kappa shape index (κ2) is 5.76. The van der Waals surface area contributed by atoms with Crippen LogP contribution in [0.1, 0.15) is 12.7 Å². The van der Waals surface area contributed by atoms with Crippen LogP contribution in [-0.4, -0.2) is 18.0 Å². The average Bonchev–Trinajstić information content (AvgIpc) is 2.75. The SMILES string of the molecule is CC(N)C(=O)NNC(=O)NCc1ccco1. The van der Waals surface area contributed by atoms with Crippen LogP contribution in [0.25, 0.3) is 0 Å². The van der Waals surface area contributed by atoms with Crippen LogP contribution in [-0.2, 0) is 11.3 Å². The number of carbonyl (C=O) groups is 2. The van der Waals surface area contributed by atoms with Crippen molar-refractivity contribution in [1.29, 1.82) is 0 Å². The average molecular weight is 226 g/mol. The highest BCUT2D eigenvalue weighted by molar-refractivity contribution is 5.84. The second-order valence-corrected chi connectivity index (χ2v) is 3.16. The van der Waals surface area contributed by atoms with E-state index < -0.39 is 18.0 Å². The van der Waals surface area contributed by atoms with Crippen molar-refractivity contribution in [3.8, 4) is 0 Å². The number of furan rings is 1. The van der Waals surface area contributed by atoms with Gasteiger partial charge in [-0.25, -0.2) is 10.2 Å². The van der Waals surface area contributed by atoms with Crippen molar-refractivity contribution < 1.29 is 14.0 Å². The molecule has 0 spiro atoms. The van der Waals surface area contributed by atoms with Crippen molar-refractivity contribution in [2.24, 2.45) is 5.73 Å². The topological polar surface area (TPSA) is 109 Å². The molecule has 1 aromatic rings.